The number of hydrogen-bond acceptors (Lipinski definition) is 3. The molecule has 17 heavy (non-hydrogen) atoms. The fraction of sp³-hybridized carbons (Fsp3) is 0.500. The summed E-state index contributed by atoms with van der Waals surface area (Å²) >= 11 is 5.76. The number of pyridine rings is 1. The molecule has 1 atom stereocenters. The van der Waals surface area contributed by atoms with Crippen LogP contribution in [0.1, 0.15) is 31.3 Å². The molecule has 1 amide bonds. The summed E-state index contributed by atoms with van der Waals surface area (Å²) in [5, 5.41) is 13.1. The van der Waals surface area contributed by atoms with Crippen LogP contribution in [0.15, 0.2) is 18.3 Å². The Labute approximate surface area is 106 Å². The van der Waals surface area contributed by atoms with E-state index in [9.17, 15) is 9.90 Å². The van der Waals surface area contributed by atoms with Crippen LogP contribution in [0.3, 0.4) is 0 Å². The highest BCUT2D eigenvalue weighted by Crippen LogP contribution is 2.15. The second-order valence-corrected chi connectivity index (χ2v) is 4.99. The Balaban J connectivity index is 2.62. The van der Waals surface area contributed by atoms with Crippen LogP contribution in [0.5, 0.6) is 0 Å². The van der Waals surface area contributed by atoms with Crippen molar-refractivity contribution in [3.63, 3.8) is 0 Å². The molecule has 1 unspecified atom stereocenters. The lowest BCUT2D eigenvalue weighted by atomic mass is 9.92. The molecule has 1 rings (SSSR count). The van der Waals surface area contributed by atoms with Crippen molar-refractivity contribution in [1.82, 2.24) is 10.3 Å². The molecule has 1 heterocycles. The second kappa shape index (κ2) is 5.47. The van der Waals surface area contributed by atoms with Crippen LogP contribution in [-0.4, -0.2) is 28.1 Å². The maximum absolute atomic E-state index is 11.7. The highest BCUT2D eigenvalue weighted by Gasteiger charge is 2.25. The smallest absolute Gasteiger partial charge is 0.270 e. The number of amides is 1. The number of rotatable bonds is 4. The van der Waals surface area contributed by atoms with Gasteiger partial charge in [-0.1, -0.05) is 25.4 Å². The number of halogens is 1. The summed E-state index contributed by atoms with van der Waals surface area (Å²) in [6, 6.07) is 3.09. The third-order valence-corrected chi connectivity index (χ3v) is 3.04. The zero-order valence-corrected chi connectivity index (χ0v) is 11.0. The van der Waals surface area contributed by atoms with E-state index in [0.29, 0.717) is 5.02 Å². The van der Waals surface area contributed by atoms with Crippen LogP contribution < -0.4 is 5.32 Å². The van der Waals surface area contributed by atoms with E-state index in [2.05, 4.69) is 10.3 Å². The van der Waals surface area contributed by atoms with Crippen molar-refractivity contribution in [1.29, 1.82) is 0 Å². The van der Waals surface area contributed by atoms with E-state index in [4.69, 9.17) is 11.6 Å². The van der Waals surface area contributed by atoms with Gasteiger partial charge in [-0.2, -0.15) is 0 Å². The topological polar surface area (TPSA) is 62.2 Å². The Bertz CT molecular complexity index is 405. The Kier molecular flexibility index (Phi) is 4.48. The number of nitrogens with one attached hydrogen (secondary N) is 1. The van der Waals surface area contributed by atoms with Gasteiger partial charge < -0.3 is 10.4 Å². The van der Waals surface area contributed by atoms with Crippen LogP contribution in [0.4, 0.5) is 0 Å². The van der Waals surface area contributed by atoms with Gasteiger partial charge in [-0.3, -0.25) is 9.78 Å². The molecule has 4 nitrogen and oxygen atoms in total. The summed E-state index contributed by atoms with van der Waals surface area (Å²) in [4.78, 5) is 15.6. The molecule has 0 spiro atoms. The monoisotopic (exact) mass is 256 g/mol. The van der Waals surface area contributed by atoms with Crippen LogP contribution in [0.25, 0.3) is 0 Å². The normalized spacial score (nSPS) is 14.5. The predicted molar refractivity (Wildman–Crippen MR) is 67.0 cm³/mol. The van der Waals surface area contributed by atoms with Crippen molar-refractivity contribution in [3.8, 4) is 0 Å². The Morgan fingerprint density at radius 2 is 2.29 bits per heavy atom. The molecule has 0 aromatic carbocycles. The van der Waals surface area contributed by atoms with E-state index in [0.717, 1.165) is 0 Å². The van der Waals surface area contributed by atoms with Gasteiger partial charge in [0.2, 0.25) is 0 Å². The van der Waals surface area contributed by atoms with Gasteiger partial charge in [-0.25, -0.2) is 0 Å². The maximum atomic E-state index is 11.7. The molecule has 0 aliphatic heterocycles. The third kappa shape index (κ3) is 3.98. The fourth-order valence-electron chi connectivity index (χ4n) is 1.08. The Morgan fingerprint density at radius 3 is 2.82 bits per heavy atom. The SMILES string of the molecule is CC(C)C(C)(O)CNC(=O)c1cc(Cl)ccn1. The van der Waals surface area contributed by atoms with Gasteiger partial charge in [-0.15, -0.1) is 0 Å². The average Bonchev–Trinajstić information content (AvgIpc) is 2.25. The quantitative estimate of drug-likeness (QED) is 0.865. The van der Waals surface area contributed by atoms with Crippen LogP contribution >= 0.6 is 11.6 Å². The molecule has 94 valence electrons. The summed E-state index contributed by atoms with van der Waals surface area (Å²) in [5.74, 6) is -0.288. The zero-order valence-electron chi connectivity index (χ0n) is 10.2. The molecule has 5 heteroatoms. The summed E-state index contributed by atoms with van der Waals surface area (Å²) in [6.45, 7) is 5.65. The number of carbonyl (C=O) groups is 1. The van der Waals surface area contributed by atoms with E-state index in [1.54, 1.807) is 13.0 Å². The van der Waals surface area contributed by atoms with Crippen molar-refractivity contribution < 1.29 is 9.90 Å². The van der Waals surface area contributed by atoms with Gasteiger partial charge in [-0.05, 0) is 25.0 Å². The Hall–Kier alpha value is -1.13. The molecule has 0 bridgehead atoms. The van der Waals surface area contributed by atoms with Crippen molar-refractivity contribution in [2.75, 3.05) is 6.54 Å². The average molecular weight is 257 g/mol. The molecule has 1 aromatic heterocycles. The number of aliphatic hydroxyl groups is 1. The first-order valence-electron chi connectivity index (χ1n) is 5.45. The lowest BCUT2D eigenvalue weighted by molar-refractivity contribution is 0.0142. The molecule has 0 saturated carbocycles. The highest BCUT2D eigenvalue weighted by atomic mass is 35.5. The Morgan fingerprint density at radius 1 is 1.65 bits per heavy atom. The zero-order chi connectivity index (χ0) is 13.1. The molecule has 0 aliphatic carbocycles. The van der Waals surface area contributed by atoms with Crippen molar-refractivity contribution in [2.45, 2.75) is 26.4 Å². The predicted octanol–water partition coefficient (Wildman–Crippen LogP) is 1.87. The lowest BCUT2D eigenvalue weighted by Gasteiger charge is -2.27. The first-order valence-corrected chi connectivity index (χ1v) is 5.83. The summed E-state index contributed by atoms with van der Waals surface area (Å²) in [6.07, 6.45) is 1.47. The van der Waals surface area contributed by atoms with E-state index in [1.807, 2.05) is 13.8 Å². The minimum Gasteiger partial charge on any atom is -0.388 e. The molecule has 2 N–H and O–H groups in total. The van der Waals surface area contributed by atoms with Crippen molar-refractivity contribution in [2.24, 2.45) is 5.92 Å². The van der Waals surface area contributed by atoms with E-state index in [-0.39, 0.29) is 24.1 Å². The standard InChI is InChI=1S/C12H17ClN2O2/c1-8(2)12(3,17)7-15-11(16)10-6-9(13)4-5-14-10/h4-6,8,17H,7H2,1-3H3,(H,15,16). The molecule has 1 aromatic rings. The largest absolute Gasteiger partial charge is 0.388 e. The van der Waals surface area contributed by atoms with Gasteiger partial charge in [0, 0.05) is 17.8 Å². The molecule has 0 saturated heterocycles. The van der Waals surface area contributed by atoms with Gasteiger partial charge >= 0.3 is 0 Å². The van der Waals surface area contributed by atoms with Gasteiger partial charge in [0.1, 0.15) is 5.69 Å². The molecule has 0 fully saturated rings. The van der Waals surface area contributed by atoms with Gasteiger partial charge in [0.05, 0.1) is 5.60 Å². The van der Waals surface area contributed by atoms with E-state index < -0.39 is 5.60 Å². The molecular formula is C12H17ClN2O2. The van der Waals surface area contributed by atoms with E-state index in [1.165, 1.54) is 12.3 Å². The summed E-state index contributed by atoms with van der Waals surface area (Å²) in [7, 11) is 0. The van der Waals surface area contributed by atoms with Crippen LogP contribution in [0, 0.1) is 5.92 Å². The highest BCUT2D eigenvalue weighted by molar-refractivity contribution is 6.30. The van der Waals surface area contributed by atoms with E-state index >= 15 is 0 Å². The van der Waals surface area contributed by atoms with Crippen molar-refractivity contribution in [3.05, 3.63) is 29.0 Å². The number of hydrogen-bond donors (Lipinski definition) is 2. The maximum Gasteiger partial charge on any atom is 0.270 e. The van der Waals surface area contributed by atoms with Crippen LogP contribution in [0.2, 0.25) is 5.02 Å². The minimum absolute atomic E-state index is 0.0510. The number of nitrogens with zero attached hydrogens (tertiary/aromatic N) is 1. The summed E-state index contributed by atoms with van der Waals surface area (Å²) < 4.78 is 0. The number of aromatic nitrogens is 1. The first-order chi connectivity index (χ1) is 7.83. The second-order valence-electron chi connectivity index (χ2n) is 4.55. The number of carbonyl (C=O) groups excluding carboxylic acids is 1. The third-order valence-electron chi connectivity index (χ3n) is 2.81. The molecule has 0 radical (unpaired) electrons. The first kappa shape index (κ1) is 13.9. The lowest BCUT2D eigenvalue weighted by Crippen LogP contribution is -2.44. The molecule has 0 aliphatic rings. The minimum atomic E-state index is -0.936. The fourth-order valence-corrected chi connectivity index (χ4v) is 1.24. The van der Waals surface area contributed by atoms with Crippen molar-refractivity contribution >= 4 is 17.5 Å². The summed E-state index contributed by atoms with van der Waals surface area (Å²) in [5.41, 5.74) is -0.689. The van der Waals surface area contributed by atoms with Gasteiger partial charge in [0.25, 0.3) is 5.91 Å². The van der Waals surface area contributed by atoms with Crippen LogP contribution in [-0.2, 0) is 0 Å². The van der Waals surface area contributed by atoms with Gasteiger partial charge in [0.15, 0.2) is 0 Å². The molecular weight excluding hydrogens is 240 g/mol.